The van der Waals surface area contributed by atoms with E-state index in [0.29, 0.717) is 30.6 Å². The summed E-state index contributed by atoms with van der Waals surface area (Å²) >= 11 is 5.79. The van der Waals surface area contributed by atoms with Gasteiger partial charge in [-0.25, -0.2) is 4.98 Å². The first-order valence-electron chi connectivity index (χ1n) is 7.58. The number of aromatic nitrogens is 1. The molecule has 0 aromatic carbocycles. The largest absolute Gasteiger partial charge is 0.373 e. The first kappa shape index (κ1) is 16.0. The van der Waals surface area contributed by atoms with Crippen molar-refractivity contribution in [3.05, 3.63) is 50.7 Å². The summed E-state index contributed by atoms with van der Waals surface area (Å²) in [5.74, 6) is 0.0366. The van der Waals surface area contributed by atoms with Gasteiger partial charge in [-0.1, -0.05) is 31.5 Å². The second kappa shape index (κ2) is 5.98. The third-order valence-corrected chi connectivity index (χ3v) is 5.00. The molecule has 23 heavy (non-hydrogen) atoms. The molecule has 2 aliphatic heterocycles. The lowest BCUT2D eigenvalue weighted by molar-refractivity contribution is -0.441. The summed E-state index contributed by atoms with van der Waals surface area (Å²) in [5.41, 5.74) is 1.11. The van der Waals surface area contributed by atoms with E-state index < -0.39 is 6.23 Å². The molecule has 1 aromatic heterocycles. The summed E-state index contributed by atoms with van der Waals surface area (Å²) in [5, 5.41) is 22.5. The number of pyridine rings is 1. The molecule has 124 valence electrons. The average Bonchev–Trinajstić information content (AvgIpc) is 2.91. The van der Waals surface area contributed by atoms with Gasteiger partial charge in [0, 0.05) is 31.7 Å². The molecule has 0 radical (unpaired) electrons. The summed E-state index contributed by atoms with van der Waals surface area (Å²) in [6, 6.07) is 3.56. The van der Waals surface area contributed by atoms with Gasteiger partial charge in [0.25, 0.3) is 5.70 Å². The Hall–Kier alpha value is -1.86. The lowest BCUT2D eigenvalue weighted by Gasteiger charge is -2.38. The second-order valence-corrected chi connectivity index (χ2v) is 6.52. The number of fused-ring (bicyclic) bond motifs is 1. The Morgan fingerprint density at radius 3 is 2.78 bits per heavy atom. The highest BCUT2D eigenvalue weighted by molar-refractivity contribution is 6.29. The van der Waals surface area contributed by atoms with Crippen LogP contribution in [0, 0.1) is 22.0 Å². The first-order valence-corrected chi connectivity index (χ1v) is 7.96. The Labute approximate surface area is 139 Å². The second-order valence-electron chi connectivity index (χ2n) is 6.13. The van der Waals surface area contributed by atoms with Crippen LogP contribution in [0.3, 0.4) is 0 Å². The highest BCUT2D eigenvalue weighted by Crippen LogP contribution is 2.39. The van der Waals surface area contributed by atoms with E-state index >= 15 is 0 Å². The number of aliphatic hydroxyl groups is 1. The van der Waals surface area contributed by atoms with Gasteiger partial charge in [0.15, 0.2) is 5.82 Å². The summed E-state index contributed by atoms with van der Waals surface area (Å²) in [7, 11) is 0. The van der Waals surface area contributed by atoms with Gasteiger partial charge in [0.2, 0.25) is 0 Å². The van der Waals surface area contributed by atoms with Crippen LogP contribution in [0.15, 0.2) is 29.8 Å². The fourth-order valence-electron chi connectivity index (χ4n) is 3.31. The van der Waals surface area contributed by atoms with Crippen molar-refractivity contribution >= 4 is 11.6 Å². The Bertz CT molecular complexity index is 649. The maximum Gasteiger partial charge on any atom is 0.289 e. The Morgan fingerprint density at radius 1 is 1.43 bits per heavy atom. The van der Waals surface area contributed by atoms with Crippen molar-refractivity contribution in [1.29, 1.82) is 0 Å². The van der Waals surface area contributed by atoms with Crippen LogP contribution in [-0.2, 0) is 6.54 Å². The molecular weight excluding hydrogens is 320 g/mol. The molecule has 1 aromatic rings. The average molecular weight is 339 g/mol. The van der Waals surface area contributed by atoms with Gasteiger partial charge < -0.3 is 14.9 Å². The van der Waals surface area contributed by atoms with Crippen LogP contribution in [-0.4, -0.2) is 44.1 Å². The highest BCUT2D eigenvalue weighted by atomic mass is 35.5. The molecule has 1 fully saturated rings. The normalized spacial score (nSPS) is 27.4. The number of nitro groups is 1. The van der Waals surface area contributed by atoms with Crippen molar-refractivity contribution in [3.8, 4) is 0 Å². The van der Waals surface area contributed by atoms with Crippen LogP contribution in [0.4, 0.5) is 0 Å². The van der Waals surface area contributed by atoms with Crippen molar-refractivity contribution in [2.75, 3.05) is 13.1 Å². The zero-order valence-electron chi connectivity index (χ0n) is 13.0. The predicted molar refractivity (Wildman–Crippen MR) is 84.7 cm³/mol. The number of halogens is 1. The van der Waals surface area contributed by atoms with E-state index in [9.17, 15) is 15.2 Å². The SMILES string of the molecule is CC1C([N+](=O)[O-])=C2N(Cc3ccc(Cl)nc3)CCN2C(O)C1C. The molecule has 1 N–H and O–H groups in total. The zero-order valence-corrected chi connectivity index (χ0v) is 13.8. The molecule has 0 bridgehead atoms. The lowest BCUT2D eigenvalue weighted by atomic mass is 9.87. The Balaban J connectivity index is 1.96. The molecule has 3 atom stereocenters. The minimum Gasteiger partial charge on any atom is -0.373 e. The van der Waals surface area contributed by atoms with E-state index in [-0.39, 0.29) is 22.5 Å². The number of nitrogens with zero attached hydrogens (tertiary/aromatic N) is 4. The quantitative estimate of drug-likeness (QED) is 0.515. The molecular formula is C15H19ClN4O3. The van der Waals surface area contributed by atoms with Crippen LogP contribution in [0.25, 0.3) is 0 Å². The van der Waals surface area contributed by atoms with Gasteiger partial charge in [-0.2, -0.15) is 0 Å². The number of allylic oxidation sites excluding steroid dienone is 1. The number of rotatable bonds is 3. The lowest BCUT2D eigenvalue weighted by Crippen LogP contribution is -2.47. The molecule has 0 amide bonds. The summed E-state index contributed by atoms with van der Waals surface area (Å²) in [6.07, 6.45) is 0.972. The van der Waals surface area contributed by atoms with Crippen LogP contribution in [0.1, 0.15) is 19.4 Å². The van der Waals surface area contributed by atoms with E-state index in [2.05, 4.69) is 4.98 Å². The van der Waals surface area contributed by atoms with Crippen molar-refractivity contribution < 1.29 is 10.0 Å². The van der Waals surface area contributed by atoms with Crippen LogP contribution >= 0.6 is 11.6 Å². The van der Waals surface area contributed by atoms with Gasteiger partial charge in [-0.15, -0.1) is 0 Å². The molecule has 7 nitrogen and oxygen atoms in total. The number of hydrogen-bond donors (Lipinski definition) is 1. The third-order valence-electron chi connectivity index (χ3n) is 4.78. The van der Waals surface area contributed by atoms with E-state index in [4.69, 9.17) is 11.6 Å². The molecule has 3 unspecified atom stereocenters. The van der Waals surface area contributed by atoms with Crippen LogP contribution in [0.5, 0.6) is 0 Å². The fraction of sp³-hybridized carbons (Fsp3) is 0.533. The molecule has 1 saturated heterocycles. The van der Waals surface area contributed by atoms with Crippen molar-refractivity contribution in [2.45, 2.75) is 26.6 Å². The van der Waals surface area contributed by atoms with Gasteiger partial charge in [-0.05, 0) is 11.6 Å². The maximum atomic E-state index is 11.6. The topological polar surface area (TPSA) is 82.7 Å². The smallest absolute Gasteiger partial charge is 0.289 e. The number of aliphatic hydroxyl groups excluding tert-OH is 1. The van der Waals surface area contributed by atoms with E-state index in [1.165, 1.54) is 0 Å². The van der Waals surface area contributed by atoms with Crippen molar-refractivity contribution in [3.63, 3.8) is 0 Å². The van der Waals surface area contributed by atoms with Gasteiger partial charge >= 0.3 is 0 Å². The van der Waals surface area contributed by atoms with E-state index in [1.54, 1.807) is 24.1 Å². The van der Waals surface area contributed by atoms with Crippen molar-refractivity contribution in [1.82, 2.24) is 14.8 Å². The minimum atomic E-state index is -0.697. The maximum absolute atomic E-state index is 11.6. The monoisotopic (exact) mass is 338 g/mol. The minimum absolute atomic E-state index is 0.183. The highest BCUT2D eigenvalue weighted by Gasteiger charge is 2.47. The standard InChI is InChI=1S/C15H19ClN4O3/c1-9-10(2)15(21)19-6-5-18(14(19)13(9)20(22)23)8-11-3-4-12(16)17-7-11/h3-4,7,9-10,15,21H,5-6,8H2,1-2H3. The Morgan fingerprint density at radius 2 is 2.17 bits per heavy atom. The van der Waals surface area contributed by atoms with Crippen molar-refractivity contribution in [2.24, 2.45) is 11.8 Å². The molecule has 3 rings (SSSR count). The molecule has 0 spiro atoms. The van der Waals surface area contributed by atoms with Crippen LogP contribution < -0.4 is 0 Å². The number of hydrogen-bond acceptors (Lipinski definition) is 6. The molecule has 0 saturated carbocycles. The van der Waals surface area contributed by atoms with E-state index in [0.717, 1.165) is 5.56 Å². The molecule has 8 heteroatoms. The van der Waals surface area contributed by atoms with Gasteiger partial charge in [0.1, 0.15) is 11.4 Å². The predicted octanol–water partition coefficient (Wildman–Crippen LogP) is 1.90. The summed E-state index contributed by atoms with van der Waals surface area (Å²) in [6.45, 7) is 5.36. The molecule has 3 heterocycles. The first-order chi connectivity index (χ1) is 10.9. The van der Waals surface area contributed by atoms with Gasteiger partial charge in [0.05, 0.1) is 10.8 Å². The summed E-state index contributed by atoms with van der Waals surface area (Å²) < 4.78 is 0. The summed E-state index contributed by atoms with van der Waals surface area (Å²) in [4.78, 5) is 19.0. The van der Waals surface area contributed by atoms with Gasteiger partial charge in [-0.3, -0.25) is 10.1 Å². The van der Waals surface area contributed by atoms with Crippen LogP contribution in [0.2, 0.25) is 5.15 Å². The van der Waals surface area contributed by atoms with E-state index in [1.807, 2.05) is 17.9 Å². The third kappa shape index (κ3) is 2.74. The fourth-order valence-corrected chi connectivity index (χ4v) is 3.42. The Kier molecular flexibility index (Phi) is 4.16. The zero-order chi connectivity index (χ0) is 16.7. The molecule has 2 aliphatic rings. The molecule has 0 aliphatic carbocycles.